The van der Waals surface area contributed by atoms with Crippen molar-refractivity contribution in [2.45, 2.75) is 0 Å². The highest BCUT2D eigenvalue weighted by Crippen LogP contribution is 2.36. The van der Waals surface area contributed by atoms with Crippen LogP contribution in [0.25, 0.3) is 33.6 Å². The summed E-state index contributed by atoms with van der Waals surface area (Å²) in [5.41, 5.74) is 2.46. The molecule has 2 aliphatic rings. The van der Waals surface area contributed by atoms with Crippen LogP contribution in [0.5, 0.6) is 0 Å². The number of aromatic nitrogens is 2. The summed E-state index contributed by atoms with van der Waals surface area (Å²) in [4.78, 5) is 12.4. The maximum atomic E-state index is 12.4. The fourth-order valence-electron chi connectivity index (χ4n) is 2.62. The Balaban J connectivity index is 2.16. The molecular formula is C17H11ClN2O2. The summed E-state index contributed by atoms with van der Waals surface area (Å²) in [5, 5.41) is 5.82. The van der Waals surface area contributed by atoms with Crippen molar-refractivity contribution in [2.75, 3.05) is 0 Å². The molecule has 0 aromatic heterocycles. The van der Waals surface area contributed by atoms with E-state index in [9.17, 15) is 4.79 Å². The second-order valence-electron chi connectivity index (χ2n) is 5.09. The monoisotopic (exact) mass is 310 g/mol. The lowest BCUT2D eigenvalue weighted by Gasteiger charge is -2.08. The molecule has 4 rings (SSSR count). The van der Waals surface area contributed by atoms with Gasteiger partial charge in [-0.15, -0.1) is 0 Å². The molecule has 0 fully saturated rings. The maximum absolute atomic E-state index is 12.4. The molecule has 0 amide bonds. The van der Waals surface area contributed by atoms with Crippen LogP contribution in [0, 0.1) is 0 Å². The lowest BCUT2D eigenvalue weighted by atomic mass is 10.0. The number of hydrogen-bond donors (Lipinski definition) is 0. The lowest BCUT2D eigenvalue weighted by Crippen LogP contribution is -2.12. The highest BCUT2D eigenvalue weighted by atomic mass is 35.5. The average Bonchev–Trinajstić information content (AvgIpc) is 2.83. The molecule has 0 atom stereocenters. The van der Waals surface area contributed by atoms with Crippen LogP contribution < -0.4 is 5.56 Å². The Kier molecular flexibility index (Phi) is 2.81. The van der Waals surface area contributed by atoms with Gasteiger partial charge in [0.25, 0.3) is 5.56 Å². The molecule has 0 saturated heterocycles. The van der Waals surface area contributed by atoms with Gasteiger partial charge in [0.15, 0.2) is 0 Å². The van der Waals surface area contributed by atoms with E-state index in [0.717, 1.165) is 10.9 Å². The fourth-order valence-corrected chi connectivity index (χ4v) is 2.74. The second kappa shape index (κ2) is 4.71. The van der Waals surface area contributed by atoms with Gasteiger partial charge in [-0.25, -0.2) is 4.68 Å². The Hall–Kier alpha value is -2.59. The molecule has 22 heavy (non-hydrogen) atoms. The van der Waals surface area contributed by atoms with E-state index in [1.54, 1.807) is 19.2 Å². The Morgan fingerprint density at radius 2 is 1.82 bits per heavy atom. The Morgan fingerprint density at radius 1 is 1.09 bits per heavy atom. The van der Waals surface area contributed by atoms with Gasteiger partial charge in [-0.05, 0) is 36.4 Å². The lowest BCUT2D eigenvalue weighted by molar-refractivity contribution is 0.621. The number of aryl methyl sites for hydroxylation is 1. The predicted molar refractivity (Wildman–Crippen MR) is 86.3 cm³/mol. The summed E-state index contributed by atoms with van der Waals surface area (Å²) < 4.78 is 7.34. The first-order chi connectivity index (χ1) is 10.6. The minimum Gasteiger partial charge on any atom is -0.455 e. The van der Waals surface area contributed by atoms with Gasteiger partial charge in [0.1, 0.15) is 22.6 Å². The van der Waals surface area contributed by atoms with Gasteiger partial charge in [0, 0.05) is 23.0 Å². The number of benzene rings is 2. The zero-order chi connectivity index (χ0) is 15.3. The smallest absolute Gasteiger partial charge is 0.279 e. The maximum Gasteiger partial charge on any atom is 0.279 e. The molecular weight excluding hydrogens is 300 g/mol. The number of fused-ring (bicyclic) bond motifs is 3. The van der Waals surface area contributed by atoms with Crippen molar-refractivity contribution < 1.29 is 4.42 Å². The standard InChI is InChI=1S/C17H11ClN2O2/c1-20-17(21)14-15(19-20)12-4-2-3-5-13(12)22-16(14)10-6-8-11(18)9-7-10/h2-9H,1H3. The van der Waals surface area contributed by atoms with Crippen LogP contribution in [0.1, 0.15) is 0 Å². The molecule has 108 valence electrons. The Bertz CT molecular complexity index is 1020. The van der Waals surface area contributed by atoms with E-state index in [0.29, 0.717) is 27.6 Å². The molecule has 2 heterocycles. The van der Waals surface area contributed by atoms with E-state index >= 15 is 0 Å². The second-order valence-corrected chi connectivity index (χ2v) is 5.52. The van der Waals surface area contributed by atoms with Crippen molar-refractivity contribution >= 4 is 22.6 Å². The van der Waals surface area contributed by atoms with Crippen molar-refractivity contribution in [2.24, 2.45) is 7.05 Å². The minimum absolute atomic E-state index is 0.172. The third-order valence-corrected chi connectivity index (χ3v) is 3.93. The normalized spacial score (nSPS) is 11.4. The van der Waals surface area contributed by atoms with Crippen LogP contribution in [0.3, 0.4) is 0 Å². The van der Waals surface area contributed by atoms with Gasteiger partial charge >= 0.3 is 0 Å². The van der Waals surface area contributed by atoms with Gasteiger partial charge in [-0.3, -0.25) is 4.79 Å². The average molecular weight is 311 g/mol. The van der Waals surface area contributed by atoms with Crippen molar-refractivity contribution in [3.05, 3.63) is 63.9 Å². The van der Waals surface area contributed by atoms with E-state index in [1.165, 1.54) is 4.68 Å². The van der Waals surface area contributed by atoms with Gasteiger partial charge in [-0.1, -0.05) is 23.7 Å². The van der Waals surface area contributed by atoms with Crippen molar-refractivity contribution in [1.29, 1.82) is 0 Å². The fraction of sp³-hybridized carbons (Fsp3) is 0.0588. The molecule has 0 N–H and O–H groups in total. The molecule has 5 heteroatoms. The summed E-state index contributed by atoms with van der Waals surface area (Å²) in [6, 6.07) is 14.8. The molecule has 0 saturated carbocycles. The zero-order valence-corrected chi connectivity index (χ0v) is 12.5. The molecule has 0 radical (unpaired) electrons. The molecule has 0 unspecified atom stereocenters. The summed E-state index contributed by atoms with van der Waals surface area (Å²) in [6.45, 7) is 0. The third kappa shape index (κ3) is 1.84. The van der Waals surface area contributed by atoms with Crippen LogP contribution in [0.15, 0.2) is 57.7 Å². The summed E-state index contributed by atoms with van der Waals surface area (Å²) in [7, 11) is 1.64. The molecule has 2 aromatic carbocycles. The van der Waals surface area contributed by atoms with Crippen molar-refractivity contribution in [1.82, 2.24) is 9.78 Å². The van der Waals surface area contributed by atoms with E-state index < -0.39 is 0 Å². The van der Waals surface area contributed by atoms with Crippen LogP contribution >= 0.6 is 11.6 Å². The predicted octanol–water partition coefficient (Wildman–Crippen LogP) is 3.95. The largest absolute Gasteiger partial charge is 0.455 e. The zero-order valence-electron chi connectivity index (χ0n) is 11.7. The van der Waals surface area contributed by atoms with Crippen LogP contribution in [0.2, 0.25) is 5.02 Å². The molecule has 0 aliphatic carbocycles. The van der Waals surface area contributed by atoms with E-state index in [-0.39, 0.29) is 5.56 Å². The quantitative estimate of drug-likeness (QED) is 0.535. The van der Waals surface area contributed by atoms with E-state index in [2.05, 4.69) is 5.10 Å². The van der Waals surface area contributed by atoms with E-state index in [4.69, 9.17) is 16.0 Å². The summed E-state index contributed by atoms with van der Waals surface area (Å²) in [5.74, 6) is 0.517. The number of halogens is 1. The topological polar surface area (TPSA) is 48.0 Å². The SMILES string of the molecule is Cn1nc2c3ccccc3oc(-c3ccc(Cl)cc3)c-2c1=O. The number of nitrogens with zero attached hydrogens (tertiary/aromatic N) is 2. The third-order valence-electron chi connectivity index (χ3n) is 3.68. The molecule has 2 aliphatic heterocycles. The molecule has 0 bridgehead atoms. The van der Waals surface area contributed by atoms with Crippen LogP contribution in [0.4, 0.5) is 0 Å². The van der Waals surface area contributed by atoms with Gasteiger partial charge < -0.3 is 4.42 Å². The summed E-state index contributed by atoms with van der Waals surface area (Å²) in [6.07, 6.45) is 0. The molecule has 0 spiro atoms. The van der Waals surface area contributed by atoms with Crippen LogP contribution in [-0.4, -0.2) is 9.78 Å². The number of para-hydroxylation sites is 1. The molecule has 2 aromatic rings. The Labute approximate surface area is 130 Å². The highest BCUT2D eigenvalue weighted by molar-refractivity contribution is 6.30. The first-order valence-corrected chi connectivity index (χ1v) is 7.17. The number of rotatable bonds is 1. The summed E-state index contributed by atoms with van der Waals surface area (Å²) >= 11 is 5.94. The first kappa shape index (κ1) is 13.1. The van der Waals surface area contributed by atoms with E-state index in [1.807, 2.05) is 36.4 Å². The highest BCUT2D eigenvalue weighted by Gasteiger charge is 2.24. The van der Waals surface area contributed by atoms with Crippen molar-refractivity contribution in [3.8, 4) is 22.6 Å². The van der Waals surface area contributed by atoms with Gasteiger partial charge in [-0.2, -0.15) is 5.10 Å². The van der Waals surface area contributed by atoms with Gasteiger partial charge in [0.2, 0.25) is 0 Å². The van der Waals surface area contributed by atoms with Gasteiger partial charge in [0.05, 0.1) is 0 Å². The Morgan fingerprint density at radius 3 is 2.59 bits per heavy atom. The molecule has 4 nitrogen and oxygen atoms in total. The first-order valence-electron chi connectivity index (χ1n) is 6.79. The minimum atomic E-state index is -0.172. The number of hydrogen-bond acceptors (Lipinski definition) is 3. The van der Waals surface area contributed by atoms with Crippen molar-refractivity contribution in [3.63, 3.8) is 0 Å². The van der Waals surface area contributed by atoms with Crippen LogP contribution in [-0.2, 0) is 7.05 Å².